The van der Waals surface area contributed by atoms with Crippen LogP contribution >= 0.6 is 0 Å². The molecular weight excluding hydrogens is 188 g/mol. The normalized spacial score (nSPS) is 15.8. The number of hydrogen-bond acceptors (Lipinski definition) is 2. The second-order valence-corrected chi connectivity index (χ2v) is 3.93. The highest BCUT2D eigenvalue weighted by Gasteiger charge is 2.12. The van der Waals surface area contributed by atoms with Gasteiger partial charge in [-0.05, 0) is 18.2 Å². The van der Waals surface area contributed by atoms with Gasteiger partial charge in [0.05, 0.1) is 0 Å². The Morgan fingerprint density at radius 3 is 3.20 bits per heavy atom. The van der Waals surface area contributed by atoms with Crippen molar-refractivity contribution in [3.8, 4) is 5.75 Å². The van der Waals surface area contributed by atoms with Gasteiger partial charge < -0.3 is 14.6 Å². The van der Waals surface area contributed by atoms with Crippen LogP contribution in [0.25, 0.3) is 10.9 Å². The highest BCUT2D eigenvalue weighted by atomic mass is 16.5. The van der Waals surface area contributed by atoms with Crippen LogP contribution in [0.3, 0.4) is 0 Å². The molecule has 1 aromatic carbocycles. The number of aromatic nitrogens is 1. The maximum Gasteiger partial charge on any atom is 0.124 e. The molecule has 0 unspecified atom stereocenters. The van der Waals surface area contributed by atoms with Crippen LogP contribution < -0.4 is 10.1 Å². The topological polar surface area (TPSA) is 26.2 Å². The average molecular weight is 202 g/mol. The zero-order valence-corrected chi connectivity index (χ0v) is 8.79. The van der Waals surface area contributed by atoms with E-state index in [1.807, 2.05) is 0 Å². The monoisotopic (exact) mass is 202 g/mol. The lowest BCUT2D eigenvalue weighted by molar-refractivity contribution is 0.326. The van der Waals surface area contributed by atoms with Crippen LogP contribution in [0.15, 0.2) is 24.4 Å². The molecule has 0 bridgehead atoms. The molecule has 0 aliphatic carbocycles. The number of ether oxygens (including phenoxy) is 1. The summed E-state index contributed by atoms with van der Waals surface area (Å²) in [6, 6.07) is 6.36. The van der Waals surface area contributed by atoms with Gasteiger partial charge in [0.15, 0.2) is 0 Å². The number of nitrogens with zero attached hydrogens (tertiary/aromatic N) is 1. The first kappa shape index (κ1) is 8.80. The molecule has 2 heterocycles. The third-order valence-corrected chi connectivity index (χ3v) is 2.97. The third-order valence-electron chi connectivity index (χ3n) is 2.97. The predicted octanol–water partition coefficient (Wildman–Crippen LogP) is 1.66. The van der Waals surface area contributed by atoms with Crippen molar-refractivity contribution in [2.24, 2.45) is 7.05 Å². The minimum absolute atomic E-state index is 0.755. The quantitative estimate of drug-likeness (QED) is 0.703. The largest absolute Gasteiger partial charge is 0.492 e. The molecular formula is C12H14N2O. The van der Waals surface area contributed by atoms with Gasteiger partial charge in [-0.25, -0.2) is 0 Å². The third kappa shape index (κ3) is 1.31. The van der Waals surface area contributed by atoms with Gasteiger partial charge in [0, 0.05) is 42.8 Å². The molecule has 0 fully saturated rings. The van der Waals surface area contributed by atoms with Gasteiger partial charge in [-0.2, -0.15) is 0 Å². The molecule has 3 rings (SSSR count). The van der Waals surface area contributed by atoms with Crippen LogP contribution in [0.5, 0.6) is 5.75 Å². The van der Waals surface area contributed by atoms with Crippen molar-refractivity contribution in [3.05, 3.63) is 30.0 Å². The van der Waals surface area contributed by atoms with E-state index in [0.717, 1.165) is 25.4 Å². The average Bonchev–Trinajstić information content (AvgIpc) is 2.51. The summed E-state index contributed by atoms with van der Waals surface area (Å²) < 4.78 is 7.83. The number of fused-ring (bicyclic) bond motifs is 3. The Bertz CT molecular complexity index is 502. The molecule has 0 amide bonds. The van der Waals surface area contributed by atoms with E-state index >= 15 is 0 Å². The van der Waals surface area contributed by atoms with E-state index in [2.05, 4.69) is 41.3 Å². The summed E-state index contributed by atoms with van der Waals surface area (Å²) in [6.07, 6.45) is 2.09. The van der Waals surface area contributed by atoms with Crippen LogP contribution in [-0.4, -0.2) is 17.7 Å². The maximum atomic E-state index is 5.69. The van der Waals surface area contributed by atoms with Crippen molar-refractivity contribution in [2.75, 3.05) is 13.2 Å². The fraction of sp³-hybridized carbons (Fsp3) is 0.333. The molecule has 0 spiro atoms. The molecule has 3 heteroatoms. The van der Waals surface area contributed by atoms with Gasteiger partial charge in [0.25, 0.3) is 0 Å². The summed E-state index contributed by atoms with van der Waals surface area (Å²) in [7, 11) is 2.07. The molecule has 1 aliphatic heterocycles. The van der Waals surface area contributed by atoms with E-state index in [1.54, 1.807) is 0 Å². The molecule has 0 saturated carbocycles. The molecule has 1 N–H and O–H groups in total. The standard InChI is InChI=1S/C12H14N2O/c1-14-6-4-9-10-8-13-5-7-15-12(10)3-2-11(9)14/h2-4,6,13H,5,7-8H2,1H3. The van der Waals surface area contributed by atoms with Crippen LogP contribution in [0.4, 0.5) is 0 Å². The number of nitrogens with one attached hydrogen (secondary N) is 1. The molecule has 78 valence electrons. The smallest absolute Gasteiger partial charge is 0.124 e. The molecule has 0 saturated heterocycles. The van der Waals surface area contributed by atoms with Crippen molar-refractivity contribution in [1.82, 2.24) is 9.88 Å². The Labute approximate surface area is 88.6 Å². The molecule has 0 atom stereocenters. The summed E-state index contributed by atoms with van der Waals surface area (Å²) in [5, 5.41) is 4.67. The fourth-order valence-corrected chi connectivity index (χ4v) is 2.16. The van der Waals surface area contributed by atoms with Gasteiger partial charge in [-0.3, -0.25) is 0 Å². The van der Waals surface area contributed by atoms with Crippen LogP contribution in [0, 0.1) is 0 Å². The van der Waals surface area contributed by atoms with E-state index in [0.29, 0.717) is 0 Å². The molecule has 3 nitrogen and oxygen atoms in total. The first-order valence-corrected chi connectivity index (χ1v) is 5.27. The number of hydrogen-bond donors (Lipinski definition) is 1. The highest BCUT2D eigenvalue weighted by molar-refractivity contribution is 5.86. The zero-order valence-electron chi connectivity index (χ0n) is 8.79. The summed E-state index contributed by atoms with van der Waals surface area (Å²) in [5.41, 5.74) is 2.55. The first-order valence-electron chi connectivity index (χ1n) is 5.27. The lowest BCUT2D eigenvalue weighted by atomic mass is 10.1. The van der Waals surface area contributed by atoms with E-state index in [4.69, 9.17) is 4.74 Å². The van der Waals surface area contributed by atoms with Crippen molar-refractivity contribution in [2.45, 2.75) is 6.54 Å². The SMILES string of the molecule is Cn1ccc2c3c(ccc21)OCCNC3. The van der Waals surface area contributed by atoms with E-state index in [-0.39, 0.29) is 0 Å². The summed E-state index contributed by atoms with van der Waals surface area (Å²) >= 11 is 0. The summed E-state index contributed by atoms with van der Waals surface area (Å²) in [5.74, 6) is 1.03. The highest BCUT2D eigenvalue weighted by Crippen LogP contribution is 2.29. The van der Waals surface area contributed by atoms with E-state index < -0.39 is 0 Å². The zero-order chi connectivity index (χ0) is 10.3. The summed E-state index contributed by atoms with van der Waals surface area (Å²) in [6.45, 7) is 2.57. The van der Waals surface area contributed by atoms with Gasteiger partial charge >= 0.3 is 0 Å². The lowest BCUT2D eigenvalue weighted by Crippen LogP contribution is -2.16. The minimum Gasteiger partial charge on any atom is -0.492 e. The molecule has 15 heavy (non-hydrogen) atoms. The van der Waals surface area contributed by atoms with Crippen molar-refractivity contribution >= 4 is 10.9 Å². The van der Waals surface area contributed by atoms with Crippen molar-refractivity contribution in [3.63, 3.8) is 0 Å². The maximum absolute atomic E-state index is 5.69. The Hall–Kier alpha value is -1.48. The molecule has 1 aliphatic rings. The van der Waals surface area contributed by atoms with E-state index in [1.165, 1.54) is 16.5 Å². The number of aryl methyl sites for hydroxylation is 1. The van der Waals surface area contributed by atoms with Crippen LogP contribution in [0.2, 0.25) is 0 Å². The fourth-order valence-electron chi connectivity index (χ4n) is 2.16. The van der Waals surface area contributed by atoms with Gasteiger partial charge in [-0.1, -0.05) is 0 Å². The van der Waals surface area contributed by atoms with Crippen LogP contribution in [-0.2, 0) is 13.6 Å². The van der Waals surface area contributed by atoms with Crippen molar-refractivity contribution in [1.29, 1.82) is 0 Å². The summed E-state index contributed by atoms with van der Waals surface area (Å²) in [4.78, 5) is 0. The molecule has 2 aromatic rings. The Kier molecular flexibility index (Phi) is 1.92. The number of benzene rings is 1. The second-order valence-electron chi connectivity index (χ2n) is 3.93. The van der Waals surface area contributed by atoms with E-state index in [9.17, 15) is 0 Å². The van der Waals surface area contributed by atoms with Crippen molar-refractivity contribution < 1.29 is 4.74 Å². The Morgan fingerprint density at radius 2 is 2.27 bits per heavy atom. The molecule has 1 aromatic heterocycles. The Morgan fingerprint density at radius 1 is 1.33 bits per heavy atom. The van der Waals surface area contributed by atoms with Crippen LogP contribution in [0.1, 0.15) is 5.56 Å². The first-order chi connectivity index (χ1) is 7.36. The second kappa shape index (κ2) is 3.28. The lowest BCUT2D eigenvalue weighted by Gasteiger charge is -2.08. The van der Waals surface area contributed by atoms with Gasteiger partial charge in [0.2, 0.25) is 0 Å². The number of rotatable bonds is 0. The van der Waals surface area contributed by atoms with Gasteiger partial charge in [0.1, 0.15) is 12.4 Å². The minimum atomic E-state index is 0.755. The molecule has 0 radical (unpaired) electrons. The predicted molar refractivity (Wildman–Crippen MR) is 60.1 cm³/mol. The van der Waals surface area contributed by atoms with Gasteiger partial charge in [-0.15, -0.1) is 0 Å². The Balaban J connectivity index is 2.27.